The second-order valence-electron chi connectivity index (χ2n) is 5.22. The molecule has 1 aliphatic rings. The number of para-hydroxylation sites is 1. The van der Waals surface area contributed by atoms with Gasteiger partial charge in [0, 0.05) is 11.3 Å². The van der Waals surface area contributed by atoms with Gasteiger partial charge < -0.3 is 9.47 Å². The van der Waals surface area contributed by atoms with E-state index in [-0.39, 0.29) is 0 Å². The van der Waals surface area contributed by atoms with Crippen LogP contribution in [0.15, 0.2) is 83.8 Å². The zero-order valence-corrected chi connectivity index (χ0v) is 13.3. The van der Waals surface area contributed by atoms with Crippen molar-refractivity contribution in [3.8, 4) is 11.5 Å². The average Bonchev–Trinajstić information content (AvgIpc) is 3.06. The first-order chi connectivity index (χ1) is 11.4. The Balaban J connectivity index is 1.53. The summed E-state index contributed by atoms with van der Waals surface area (Å²) in [5.41, 5.74) is 2.24. The van der Waals surface area contributed by atoms with Crippen LogP contribution in [0.1, 0.15) is 11.1 Å². The highest BCUT2D eigenvalue weighted by atomic mass is 32.2. The van der Waals surface area contributed by atoms with Crippen molar-refractivity contribution >= 4 is 11.8 Å². The Kier molecular flexibility index (Phi) is 3.95. The number of hydrogen-bond donors (Lipinski definition) is 0. The van der Waals surface area contributed by atoms with E-state index in [1.54, 1.807) is 11.8 Å². The van der Waals surface area contributed by atoms with Crippen molar-refractivity contribution in [2.45, 2.75) is 10.6 Å². The van der Waals surface area contributed by atoms with E-state index in [1.165, 1.54) is 5.56 Å². The fourth-order valence-electron chi connectivity index (χ4n) is 2.43. The number of fused-ring (bicyclic) bond motifs is 1. The van der Waals surface area contributed by atoms with Crippen molar-refractivity contribution in [3.05, 3.63) is 96.3 Å². The Morgan fingerprint density at radius 2 is 1.43 bits per heavy atom. The lowest BCUT2D eigenvalue weighted by molar-refractivity contribution is 0.202. The van der Waals surface area contributed by atoms with Gasteiger partial charge in [0.2, 0.25) is 0 Å². The lowest BCUT2D eigenvalue weighted by Gasteiger charge is -2.08. The Bertz CT molecular complexity index is 787. The fraction of sp³-hybridized carbons (Fsp3) is 0.0500. The Hall–Kier alpha value is -2.39. The zero-order chi connectivity index (χ0) is 15.5. The SMILES string of the molecule is c1ccc(CSc2cccc3c2O[C](c2ccccc2)O3)cc1. The molecule has 0 aliphatic carbocycles. The summed E-state index contributed by atoms with van der Waals surface area (Å²) >= 11 is 1.76. The van der Waals surface area contributed by atoms with Crippen LogP contribution in [-0.2, 0) is 5.75 Å². The van der Waals surface area contributed by atoms with Crippen LogP contribution in [0.25, 0.3) is 0 Å². The molecule has 0 bridgehead atoms. The normalized spacial score (nSPS) is 13.2. The first-order valence-electron chi connectivity index (χ1n) is 7.48. The summed E-state index contributed by atoms with van der Waals surface area (Å²) in [6.45, 7) is 0. The molecule has 3 aromatic rings. The molecule has 0 saturated heterocycles. The largest absolute Gasteiger partial charge is 0.438 e. The Morgan fingerprint density at radius 3 is 2.22 bits per heavy atom. The predicted octanol–water partition coefficient (Wildman–Crippen LogP) is 5.29. The molecule has 0 saturated carbocycles. The molecule has 0 N–H and O–H groups in total. The fourth-order valence-corrected chi connectivity index (χ4v) is 3.39. The lowest BCUT2D eigenvalue weighted by Crippen LogP contribution is -2.08. The van der Waals surface area contributed by atoms with Gasteiger partial charge in [0.1, 0.15) is 0 Å². The van der Waals surface area contributed by atoms with Gasteiger partial charge in [-0.3, -0.25) is 0 Å². The molecule has 1 heterocycles. The van der Waals surface area contributed by atoms with Crippen LogP contribution >= 0.6 is 11.8 Å². The summed E-state index contributed by atoms with van der Waals surface area (Å²) in [5, 5.41) is 0. The second kappa shape index (κ2) is 6.39. The van der Waals surface area contributed by atoms with E-state index in [9.17, 15) is 0 Å². The van der Waals surface area contributed by atoms with Crippen molar-refractivity contribution in [1.29, 1.82) is 0 Å². The van der Waals surface area contributed by atoms with E-state index in [4.69, 9.17) is 9.47 Å². The van der Waals surface area contributed by atoms with Crippen LogP contribution < -0.4 is 9.47 Å². The number of benzene rings is 3. The smallest absolute Gasteiger partial charge is 0.363 e. The maximum atomic E-state index is 5.99. The van der Waals surface area contributed by atoms with Gasteiger partial charge in [0.05, 0.1) is 4.90 Å². The van der Waals surface area contributed by atoms with E-state index >= 15 is 0 Å². The van der Waals surface area contributed by atoms with Gasteiger partial charge in [0.15, 0.2) is 11.5 Å². The van der Waals surface area contributed by atoms with Crippen LogP contribution in [0.4, 0.5) is 0 Å². The van der Waals surface area contributed by atoms with E-state index in [2.05, 4.69) is 30.3 Å². The quantitative estimate of drug-likeness (QED) is 0.609. The molecule has 3 aromatic carbocycles. The summed E-state index contributed by atoms with van der Waals surface area (Å²) < 4.78 is 11.9. The van der Waals surface area contributed by atoms with Crippen molar-refractivity contribution in [2.75, 3.05) is 0 Å². The highest BCUT2D eigenvalue weighted by Gasteiger charge is 2.30. The molecule has 3 heteroatoms. The topological polar surface area (TPSA) is 18.5 Å². The van der Waals surface area contributed by atoms with Gasteiger partial charge in [-0.15, -0.1) is 11.8 Å². The van der Waals surface area contributed by atoms with E-state index in [0.717, 1.165) is 27.7 Å². The maximum Gasteiger partial charge on any atom is 0.363 e. The van der Waals surface area contributed by atoms with Crippen LogP contribution in [0.5, 0.6) is 11.5 Å². The number of thioether (sulfide) groups is 1. The minimum absolute atomic E-state index is 0.549. The first kappa shape index (κ1) is 14.2. The summed E-state index contributed by atoms with van der Waals surface area (Å²) in [6.07, 6.45) is 0.549. The van der Waals surface area contributed by atoms with Gasteiger partial charge in [-0.25, -0.2) is 0 Å². The average molecular weight is 319 g/mol. The zero-order valence-electron chi connectivity index (χ0n) is 12.4. The van der Waals surface area contributed by atoms with E-state index < -0.39 is 0 Å². The summed E-state index contributed by atoms with van der Waals surface area (Å²) in [4.78, 5) is 1.09. The molecule has 0 fully saturated rings. The first-order valence-corrected chi connectivity index (χ1v) is 8.46. The molecule has 0 amide bonds. The third kappa shape index (κ3) is 3.06. The van der Waals surface area contributed by atoms with Gasteiger partial charge in [-0.1, -0.05) is 66.7 Å². The highest BCUT2D eigenvalue weighted by Crippen LogP contribution is 2.46. The van der Waals surface area contributed by atoms with Crippen molar-refractivity contribution in [1.82, 2.24) is 0 Å². The molecular formula is C20H15O2S. The molecule has 1 radical (unpaired) electrons. The Morgan fingerprint density at radius 1 is 0.696 bits per heavy atom. The maximum absolute atomic E-state index is 5.99. The van der Waals surface area contributed by atoms with Gasteiger partial charge in [-0.2, -0.15) is 0 Å². The minimum Gasteiger partial charge on any atom is -0.438 e. The molecule has 2 nitrogen and oxygen atoms in total. The molecule has 23 heavy (non-hydrogen) atoms. The molecule has 0 unspecified atom stereocenters. The predicted molar refractivity (Wildman–Crippen MR) is 92.5 cm³/mol. The molecular weight excluding hydrogens is 304 g/mol. The summed E-state index contributed by atoms with van der Waals surface area (Å²) in [7, 11) is 0. The standard InChI is InChI=1S/C20H15O2S/c1-3-8-15(9-4-1)14-23-18-13-7-12-17-19(18)22-20(21-17)16-10-5-2-6-11-16/h1-13H,14H2. The van der Waals surface area contributed by atoms with E-state index in [1.807, 2.05) is 48.5 Å². The summed E-state index contributed by atoms with van der Waals surface area (Å²) in [6, 6.07) is 26.3. The monoisotopic (exact) mass is 319 g/mol. The van der Waals surface area contributed by atoms with Gasteiger partial charge >= 0.3 is 6.29 Å². The number of ether oxygens (including phenoxy) is 2. The molecule has 4 rings (SSSR count). The molecule has 1 aliphatic heterocycles. The lowest BCUT2D eigenvalue weighted by atomic mass is 10.2. The van der Waals surface area contributed by atoms with Crippen LogP contribution in [-0.4, -0.2) is 0 Å². The van der Waals surface area contributed by atoms with Crippen LogP contribution in [0.3, 0.4) is 0 Å². The van der Waals surface area contributed by atoms with Crippen LogP contribution in [0, 0.1) is 6.29 Å². The molecule has 0 atom stereocenters. The number of hydrogen-bond acceptors (Lipinski definition) is 3. The molecule has 0 spiro atoms. The van der Waals surface area contributed by atoms with Crippen molar-refractivity contribution in [3.63, 3.8) is 0 Å². The third-order valence-corrected chi connectivity index (χ3v) is 4.70. The molecule has 113 valence electrons. The molecule has 0 aromatic heterocycles. The van der Waals surface area contributed by atoms with Crippen molar-refractivity contribution < 1.29 is 9.47 Å². The second-order valence-corrected chi connectivity index (χ2v) is 6.23. The number of rotatable bonds is 4. The highest BCUT2D eigenvalue weighted by molar-refractivity contribution is 7.98. The van der Waals surface area contributed by atoms with E-state index in [0.29, 0.717) is 6.29 Å². The summed E-state index contributed by atoms with van der Waals surface area (Å²) in [5.74, 6) is 2.50. The third-order valence-electron chi connectivity index (χ3n) is 3.59. The minimum atomic E-state index is 0.549. The van der Waals surface area contributed by atoms with Gasteiger partial charge in [-0.05, 0) is 17.7 Å². The van der Waals surface area contributed by atoms with Crippen molar-refractivity contribution in [2.24, 2.45) is 0 Å². The van der Waals surface area contributed by atoms with Gasteiger partial charge in [0.25, 0.3) is 0 Å². The Labute approximate surface area is 140 Å². The van der Waals surface area contributed by atoms with Crippen LogP contribution in [0.2, 0.25) is 0 Å².